The van der Waals surface area contributed by atoms with Gasteiger partial charge in [-0.05, 0) is 56.5 Å². The monoisotopic (exact) mass is 496 g/mol. The third-order valence-corrected chi connectivity index (χ3v) is 6.82. The van der Waals surface area contributed by atoms with E-state index in [1.807, 2.05) is 0 Å². The van der Waals surface area contributed by atoms with Gasteiger partial charge in [0.25, 0.3) is 0 Å². The van der Waals surface area contributed by atoms with Crippen LogP contribution in [-0.4, -0.2) is 38.0 Å². The first kappa shape index (κ1) is 24.8. The second-order valence-electron chi connectivity index (χ2n) is 7.61. The molecule has 33 heavy (non-hydrogen) atoms. The molecule has 2 aromatic carbocycles. The smallest absolute Gasteiger partial charge is 0.315 e. The van der Waals surface area contributed by atoms with Gasteiger partial charge in [-0.2, -0.15) is 0 Å². The van der Waals surface area contributed by atoms with Gasteiger partial charge in [0.1, 0.15) is 28.6 Å². The second-order valence-corrected chi connectivity index (χ2v) is 9.70. The molecule has 178 valence electrons. The summed E-state index contributed by atoms with van der Waals surface area (Å²) in [6, 6.07) is 6.78. The number of phenolic OH excluding ortho intramolecular Hbond substituents is 1. The second kappa shape index (κ2) is 10.4. The van der Waals surface area contributed by atoms with E-state index in [0.717, 1.165) is 19.3 Å². The summed E-state index contributed by atoms with van der Waals surface area (Å²) in [7, 11) is -3.92. The summed E-state index contributed by atoms with van der Waals surface area (Å²) in [6.07, 6.45) is 2.04. The number of rotatable bonds is 9. The van der Waals surface area contributed by atoms with Crippen LogP contribution in [0.15, 0.2) is 35.2 Å². The average molecular weight is 497 g/mol. The Balaban J connectivity index is 1.77. The van der Waals surface area contributed by atoms with Crippen LogP contribution in [-0.2, 0) is 24.3 Å². The maximum Gasteiger partial charge on any atom is 0.315 e. The van der Waals surface area contributed by atoms with Crippen LogP contribution in [0.4, 0.5) is 5.69 Å². The van der Waals surface area contributed by atoms with Crippen molar-refractivity contribution in [3.05, 3.63) is 40.9 Å². The minimum absolute atomic E-state index is 0.137. The van der Waals surface area contributed by atoms with Gasteiger partial charge >= 0.3 is 5.97 Å². The number of benzene rings is 2. The molecule has 2 aromatic rings. The zero-order chi connectivity index (χ0) is 24.2. The van der Waals surface area contributed by atoms with Gasteiger partial charge in [0.15, 0.2) is 0 Å². The van der Waals surface area contributed by atoms with Crippen molar-refractivity contribution in [3.8, 4) is 17.2 Å². The highest BCUT2D eigenvalue weighted by molar-refractivity contribution is 7.89. The van der Waals surface area contributed by atoms with E-state index >= 15 is 0 Å². The van der Waals surface area contributed by atoms with E-state index < -0.39 is 34.1 Å². The van der Waals surface area contributed by atoms with Crippen LogP contribution in [0.1, 0.15) is 38.2 Å². The van der Waals surface area contributed by atoms with Gasteiger partial charge in [0.2, 0.25) is 15.9 Å². The van der Waals surface area contributed by atoms with E-state index in [1.165, 1.54) is 24.3 Å². The van der Waals surface area contributed by atoms with Gasteiger partial charge in [0, 0.05) is 17.8 Å². The summed E-state index contributed by atoms with van der Waals surface area (Å²) in [5.41, 5.74) is 0.914. The molecule has 0 aliphatic heterocycles. The predicted octanol–water partition coefficient (Wildman–Crippen LogP) is 3.87. The van der Waals surface area contributed by atoms with Gasteiger partial charge < -0.3 is 19.9 Å². The summed E-state index contributed by atoms with van der Waals surface area (Å²) in [5.74, 6) is -1.17. The first-order chi connectivity index (χ1) is 15.6. The number of aromatic hydroxyl groups is 1. The molecule has 1 saturated carbocycles. The van der Waals surface area contributed by atoms with E-state index in [1.54, 1.807) is 19.9 Å². The van der Waals surface area contributed by atoms with Crippen molar-refractivity contribution < 1.29 is 32.6 Å². The Hall–Kier alpha value is -2.82. The van der Waals surface area contributed by atoms with E-state index in [4.69, 9.17) is 21.1 Å². The van der Waals surface area contributed by atoms with Gasteiger partial charge in [0.05, 0.1) is 11.6 Å². The quantitative estimate of drug-likeness (QED) is 0.354. The van der Waals surface area contributed by atoms with Crippen molar-refractivity contribution in [2.45, 2.75) is 50.5 Å². The minimum atomic E-state index is -3.92. The molecule has 0 spiro atoms. The zero-order valence-corrected chi connectivity index (χ0v) is 19.8. The predicted molar refractivity (Wildman–Crippen MR) is 122 cm³/mol. The molecule has 1 aliphatic rings. The molecule has 0 radical (unpaired) electrons. The third kappa shape index (κ3) is 6.37. The Bertz CT molecular complexity index is 1140. The molecule has 1 fully saturated rings. The average Bonchev–Trinajstić information content (AvgIpc) is 2.69. The van der Waals surface area contributed by atoms with Gasteiger partial charge in [-0.1, -0.05) is 18.0 Å². The molecule has 0 saturated heterocycles. The van der Waals surface area contributed by atoms with Crippen LogP contribution in [0, 0.1) is 6.92 Å². The first-order valence-corrected chi connectivity index (χ1v) is 12.2. The maximum atomic E-state index is 12.6. The highest BCUT2D eigenvalue weighted by Gasteiger charge is 2.27. The van der Waals surface area contributed by atoms with Gasteiger partial charge in [-0.15, -0.1) is 0 Å². The number of phenols is 1. The van der Waals surface area contributed by atoms with Crippen molar-refractivity contribution in [2.75, 3.05) is 11.9 Å². The number of halogens is 1. The number of carbonyl (C=O) groups excluding carboxylic acids is 2. The summed E-state index contributed by atoms with van der Waals surface area (Å²) < 4.78 is 38.4. The zero-order valence-electron chi connectivity index (χ0n) is 18.2. The highest BCUT2D eigenvalue weighted by atomic mass is 35.5. The van der Waals surface area contributed by atoms with Crippen molar-refractivity contribution in [1.82, 2.24) is 4.72 Å². The van der Waals surface area contributed by atoms with Crippen LogP contribution in [0.2, 0.25) is 5.02 Å². The molecule has 0 bridgehead atoms. The molecule has 9 nitrogen and oxygen atoms in total. The van der Waals surface area contributed by atoms with Crippen molar-refractivity contribution >= 4 is 39.2 Å². The van der Waals surface area contributed by atoms with Crippen molar-refractivity contribution in [3.63, 3.8) is 0 Å². The van der Waals surface area contributed by atoms with E-state index in [2.05, 4.69) is 10.0 Å². The summed E-state index contributed by atoms with van der Waals surface area (Å²) in [5, 5.41) is 12.8. The number of anilines is 1. The van der Waals surface area contributed by atoms with Crippen molar-refractivity contribution in [2.24, 2.45) is 0 Å². The molecule has 3 N–H and O–H groups in total. The number of carbonyl (C=O) groups is 2. The number of amides is 1. The molecule has 11 heteroatoms. The molecule has 0 aromatic heterocycles. The molecule has 0 unspecified atom stereocenters. The maximum absolute atomic E-state index is 12.6. The topological polar surface area (TPSA) is 131 Å². The number of aryl methyl sites for hydroxylation is 1. The molecule has 1 amide bonds. The molecule has 1 aliphatic carbocycles. The first-order valence-electron chi connectivity index (χ1n) is 10.4. The van der Waals surface area contributed by atoms with E-state index in [0.29, 0.717) is 11.3 Å². The lowest BCUT2D eigenvalue weighted by Crippen LogP contribution is -2.39. The third-order valence-electron chi connectivity index (χ3n) is 4.99. The van der Waals surface area contributed by atoms with Gasteiger partial charge in [-0.3, -0.25) is 9.59 Å². The number of hydrogen-bond donors (Lipinski definition) is 3. The SMILES string of the molecule is CCOC(=O)CC(=O)Nc1cc(C)c(Oc2ccc(O)c(S(=O)(=O)NC3CCC3)c2)c(Cl)c1. The van der Waals surface area contributed by atoms with Crippen LogP contribution >= 0.6 is 11.6 Å². The lowest BCUT2D eigenvalue weighted by atomic mass is 9.94. The van der Waals surface area contributed by atoms with Gasteiger partial charge in [-0.25, -0.2) is 13.1 Å². The fourth-order valence-corrected chi connectivity index (χ4v) is 4.90. The molecular weight excluding hydrogens is 472 g/mol. The van der Waals surface area contributed by atoms with E-state index in [-0.39, 0.29) is 34.1 Å². The Morgan fingerprint density at radius 3 is 2.55 bits per heavy atom. The van der Waals surface area contributed by atoms with Crippen LogP contribution in [0.25, 0.3) is 0 Å². The highest BCUT2D eigenvalue weighted by Crippen LogP contribution is 2.37. The number of esters is 1. The van der Waals surface area contributed by atoms with Crippen LogP contribution in [0.5, 0.6) is 17.2 Å². The fraction of sp³-hybridized carbons (Fsp3) is 0.364. The Morgan fingerprint density at radius 2 is 1.94 bits per heavy atom. The molecular formula is C22H25ClN2O7S. The fourth-order valence-electron chi connectivity index (χ4n) is 3.18. The summed E-state index contributed by atoms with van der Waals surface area (Å²) in [6.45, 7) is 3.52. The molecule has 0 heterocycles. The Morgan fingerprint density at radius 1 is 1.21 bits per heavy atom. The van der Waals surface area contributed by atoms with Crippen LogP contribution < -0.4 is 14.8 Å². The van der Waals surface area contributed by atoms with E-state index in [9.17, 15) is 23.1 Å². The largest absolute Gasteiger partial charge is 0.507 e. The Labute approximate surface area is 197 Å². The molecule has 0 atom stereocenters. The Kier molecular flexibility index (Phi) is 7.83. The summed E-state index contributed by atoms with van der Waals surface area (Å²) >= 11 is 6.33. The number of nitrogens with one attached hydrogen (secondary N) is 2. The standard InChI is InChI=1S/C22H25ClN2O7S/c1-3-31-21(28)12-20(27)24-15-9-13(2)22(17(23)10-15)32-16-7-8-18(26)19(11-16)33(29,30)25-14-5-4-6-14/h7-11,14,25-26H,3-6,12H2,1-2H3,(H,24,27). The number of ether oxygens (including phenoxy) is 2. The molecule has 3 rings (SSSR count). The lowest BCUT2D eigenvalue weighted by Gasteiger charge is -2.26. The summed E-state index contributed by atoms with van der Waals surface area (Å²) in [4.78, 5) is 23.1. The lowest BCUT2D eigenvalue weighted by molar-refractivity contribution is -0.145. The normalized spacial score (nSPS) is 13.8. The number of sulfonamides is 1. The number of hydrogen-bond acceptors (Lipinski definition) is 7. The van der Waals surface area contributed by atoms with Crippen molar-refractivity contribution in [1.29, 1.82) is 0 Å². The van der Waals surface area contributed by atoms with Crippen LogP contribution in [0.3, 0.4) is 0 Å². The minimum Gasteiger partial charge on any atom is -0.507 e.